The van der Waals surface area contributed by atoms with E-state index in [4.69, 9.17) is 9.97 Å². The normalized spacial score (nSPS) is 19.6. The average Bonchev–Trinajstić information content (AvgIpc) is 3.34. The first-order valence-corrected chi connectivity index (χ1v) is 11.9. The van der Waals surface area contributed by atoms with E-state index in [1.165, 1.54) is 31.2 Å². The summed E-state index contributed by atoms with van der Waals surface area (Å²) in [6, 6.07) is 10.0. The first-order chi connectivity index (χ1) is 15.2. The highest BCUT2D eigenvalue weighted by Gasteiger charge is 2.30. The van der Waals surface area contributed by atoms with Crippen LogP contribution in [0.5, 0.6) is 0 Å². The van der Waals surface area contributed by atoms with E-state index < -0.39 is 0 Å². The number of carbonyl (C=O) groups is 1. The van der Waals surface area contributed by atoms with Gasteiger partial charge in [-0.2, -0.15) is 4.98 Å². The van der Waals surface area contributed by atoms with E-state index in [0.29, 0.717) is 13.0 Å². The van der Waals surface area contributed by atoms with Gasteiger partial charge in [-0.05, 0) is 37.2 Å². The Kier molecular flexibility index (Phi) is 5.79. The van der Waals surface area contributed by atoms with E-state index in [0.717, 1.165) is 68.1 Å². The van der Waals surface area contributed by atoms with Crippen LogP contribution in [0.4, 0.5) is 11.8 Å². The number of piperidine rings is 1. The minimum absolute atomic E-state index is 0.193. The number of hydrogen-bond donors (Lipinski definition) is 0. The van der Waals surface area contributed by atoms with Crippen molar-refractivity contribution >= 4 is 17.7 Å². The number of benzene rings is 1. The first kappa shape index (κ1) is 20.3. The summed E-state index contributed by atoms with van der Waals surface area (Å²) in [7, 11) is 0. The standard InChI is InChI=1S/C25H33N5O/c1-19-9-14-29(15-10-19)25-26-22-11-16-30(23(31)17-20-7-3-2-4-8-20)18-21(22)24(27-25)28-12-5-6-13-28/h2-4,7-8,19H,5-6,9-18H2,1H3. The molecule has 31 heavy (non-hydrogen) atoms. The summed E-state index contributed by atoms with van der Waals surface area (Å²) in [4.78, 5) is 29.9. The van der Waals surface area contributed by atoms with Gasteiger partial charge in [0.2, 0.25) is 11.9 Å². The molecular formula is C25H33N5O. The topological polar surface area (TPSA) is 52.6 Å². The van der Waals surface area contributed by atoms with Gasteiger partial charge in [-0.15, -0.1) is 0 Å². The molecule has 0 unspecified atom stereocenters. The van der Waals surface area contributed by atoms with Crippen LogP contribution in [0.2, 0.25) is 0 Å². The van der Waals surface area contributed by atoms with E-state index in [2.05, 4.69) is 16.7 Å². The molecule has 0 bridgehead atoms. The van der Waals surface area contributed by atoms with Gasteiger partial charge in [0, 0.05) is 44.7 Å². The average molecular weight is 420 g/mol. The van der Waals surface area contributed by atoms with E-state index >= 15 is 0 Å². The number of amides is 1. The molecule has 164 valence electrons. The monoisotopic (exact) mass is 419 g/mol. The molecular weight excluding hydrogens is 386 g/mol. The summed E-state index contributed by atoms with van der Waals surface area (Å²) in [6.45, 7) is 7.90. The SMILES string of the molecule is CC1CCN(c2nc3c(c(N4CCCC4)n2)CN(C(=O)Cc2ccccc2)CC3)CC1. The lowest BCUT2D eigenvalue weighted by molar-refractivity contribution is -0.131. The van der Waals surface area contributed by atoms with Gasteiger partial charge in [0.15, 0.2) is 0 Å². The van der Waals surface area contributed by atoms with Gasteiger partial charge in [-0.25, -0.2) is 4.98 Å². The quantitative estimate of drug-likeness (QED) is 0.760. The maximum atomic E-state index is 13.0. The second-order valence-electron chi connectivity index (χ2n) is 9.36. The summed E-state index contributed by atoms with van der Waals surface area (Å²) in [5.41, 5.74) is 3.39. The number of rotatable bonds is 4. The number of carbonyl (C=O) groups excluding carboxylic acids is 1. The highest BCUT2D eigenvalue weighted by Crippen LogP contribution is 2.32. The molecule has 6 nitrogen and oxygen atoms in total. The molecule has 2 saturated heterocycles. The van der Waals surface area contributed by atoms with Gasteiger partial charge in [0.05, 0.1) is 18.7 Å². The van der Waals surface area contributed by atoms with Gasteiger partial charge in [0.25, 0.3) is 0 Å². The van der Waals surface area contributed by atoms with E-state index in [9.17, 15) is 4.79 Å². The Hall–Kier alpha value is -2.63. The molecule has 0 spiro atoms. The lowest BCUT2D eigenvalue weighted by Gasteiger charge is -2.35. The van der Waals surface area contributed by atoms with Gasteiger partial charge >= 0.3 is 0 Å². The van der Waals surface area contributed by atoms with Crippen molar-refractivity contribution < 1.29 is 4.79 Å². The van der Waals surface area contributed by atoms with Crippen LogP contribution in [0, 0.1) is 5.92 Å². The molecule has 0 N–H and O–H groups in total. The van der Waals surface area contributed by atoms with Crippen LogP contribution in [0.1, 0.15) is 49.4 Å². The van der Waals surface area contributed by atoms with Crippen molar-refractivity contribution in [2.45, 2.75) is 52.0 Å². The van der Waals surface area contributed by atoms with Crippen LogP contribution < -0.4 is 9.80 Å². The molecule has 2 aromatic rings. The zero-order valence-corrected chi connectivity index (χ0v) is 18.6. The molecule has 0 radical (unpaired) electrons. The molecule has 6 heteroatoms. The maximum Gasteiger partial charge on any atom is 0.227 e. The Labute approximate surface area is 185 Å². The van der Waals surface area contributed by atoms with Crippen molar-refractivity contribution in [3.8, 4) is 0 Å². The highest BCUT2D eigenvalue weighted by atomic mass is 16.2. The Morgan fingerprint density at radius 3 is 2.45 bits per heavy atom. The molecule has 1 aromatic heterocycles. The molecule has 1 aromatic carbocycles. The Morgan fingerprint density at radius 1 is 0.968 bits per heavy atom. The van der Waals surface area contributed by atoms with Crippen LogP contribution in [0.15, 0.2) is 30.3 Å². The molecule has 2 fully saturated rings. The summed E-state index contributed by atoms with van der Waals surface area (Å²) in [5.74, 6) is 2.96. The fourth-order valence-electron chi connectivity index (χ4n) is 5.02. The summed E-state index contributed by atoms with van der Waals surface area (Å²) in [5, 5.41) is 0. The molecule has 5 rings (SSSR count). The van der Waals surface area contributed by atoms with Crippen LogP contribution in [0.25, 0.3) is 0 Å². The third-order valence-corrected chi connectivity index (χ3v) is 7.05. The zero-order chi connectivity index (χ0) is 21.2. The van der Waals surface area contributed by atoms with Crippen molar-refractivity contribution in [2.75, 3.05) is 42.5 Å². The number of anilines is 2. The van der Waals surface area contributed by atoms with Gasteiger partial charge < -0.3 is 14.7 Å². The van der Waals surface area contributed by atoms with E-state index in [1.807, 2.05) is 35.2 Å². The second-order valence-corrected chi connectivity index (χ2v) is 9.36. The van der Waals surface area contributed by atoms with Crippen LogP contribution in [0.3, 0.4) is 0 Å². The van der Waals surface area contributed by atoms with Crippen molar-refractivity contribution in [3.05, 3.63) is 47.2 Å². The Bertz CT molecular complexity index is 917. The first-order valence-electron chi connectivity index (χ1n) is 11.9. The molecule has 0 saturated carbocycles. The van der Waals surface area contributed by atoms with Crippen LogP contribution >= 0.6 is 0 Å². The van der Waals surface area contributed by atoms with Gasteiger partial charge in [-0.3, -0.25) is 4.79 Å². The fraction of sp³-hybridized carbons (Fsp3) is 0.560. The van der Waals surface area contributed by atoms with Crippen molar-refractivity contribution in [2.24, 2.45) is 5.92 Å². The molecule has 0 aliphatic carbocycles. The van der Waals surface area contributed by atoms with E-state index in [1.54, 1.807) is 0 Å². The highest BCUT2D eigenvalue weighted by molar-refractivity contribution is 5.79. The lowest BCUT2D eigenvalue weighted by atomic mass is 9.99. The largest absolute Gasteiger partial charge is 0.356 e. The maximum absolute atomic E-state index is 13.0. The van der Waals surface area contributed by atoms with Crippen molar-refractivity contribution in [1.29, 1.82) is 0 Å². The molecule has 4 heterocycles. The number of aromatic nitrogens is 2. The second kappa shape index (κ2) is 8.85. The lowest BCUT2D eigenvalue weighted by Crippen LogP contribution is -2.40. The minimum Gasteiger partial charge on any atom is -0.356 e. The summed E-state index contributed by atoms with van der Waals surface area (Å²) >= 11 is 0. The molecule has 0 atom stereocenters. The third-order valence-electron chi connectivity index (χ3n) is 7.05. The Balaban J connectivity index is 1.40. The van der Waals surface area contributed by atoms with Crippen LogP contribution in [-0.2, 0) is 24.2 Å². The Morgan fingerprint density at radius 2 is 1.71 bits per heavy atom. The van der Waals surface area contributed by atoms with E-state index in [-0.39, 0.29) is 5.91 Å². The third kappa shape index (κ3) is 4.39. The number of hydrogen-bond acceptors (Lipinski definition) is 5. The number of nitrogens with zero attached hydrogens (tertiary/aromatic N) is 5. The van der Waals surface area contributed by atoms with Crippen molar-refractivity contribution in [3.63, 3.8) is 0 Å². The van der Waals surface area contributed by atoms with Gasteiger partial charge in [0.1, 0.15) is 5.82 Å². The zero-order valence-electron chi connectivity index (χ0n) is 18.6. The molecule has 3 aliphatic rings. The van der Waals surface area contributed by atoms with Crippen LogP contribution in [-0.4, -0.2) is 53.5 Å². The molecule has 3 aliphatic heterocycles. The van der Waals surface area contributed by atoms with Gasteiger partial charge in [-0.1, -0.05) is 37.3 Å². The van der Waals surface area contributed by atoms with Crippen molar-refractivity contribution in [1.82, 2.24) is 14.9 Å². The minimum atomic E-state index is 0.193. The smallest absolute Gasteiger partial charge is 0.227 e. The fourth-order valence-corrected chi connectivity index (χ4v) is 5.02. The summed E-state index contributed by atoms with van der Waals surface area (Å²) < 4.78 is 0. The predicted molar refractivity (Wildman–Crippen MR) is 123 cm³/mol. The summed E-state index contributed by atoms with van der Waals surface area (Å²) in [6.07, 6.45) is 6.12. The number of fused-ring (bicyclic) bond motifs is 1. The predicted octanol–water partition coefficient (Wildman–Crippen LogP) is 3.44. The molecule has 1 amide bonds.